The fourth-order valence-electron chi connectivity index (χ4n) is 2.15. The summed E-state index contributed by atoms with van der Waals surface area (Å²) in [4.78, 5) is 22.1. The third-order valence-electron chi connectivity index (χ3n) is 3.05. The van der Waals surface area contributed by atoms with Crippen LogP contribution in [0.4, 0.5) is 5.82 Å². The molecule has 0 aliphatic rings. The number of aromatic nitrogens is 2. The van der Waals surface area contributed by atoms with Crippen molar-refractivity contribution >= 4 is 19.3 Å². The molecule has 114 valence electrons. The van der Waals surface area contributed by atoms with E-state index in [2.05, 4.69) is 14.8 Å². The van der Waals surface area contributed by atoms with Gasteiger partial charge in [-0.2, -0.15) is 0 Å². The number of imidazole rings is 1. The van der Waals surface area contributed by atoms with Gasteiger partial charge in [0, 0.05) is 11.8 Å². The van der Waals surface area contributed by atoms with E-state index in [-0.39, 0.29) is 6.73 Å². The predicted molar refractivity (Wildman–Crippen MR) is 82.2 cm³/mol. The van der Waals surface area contributed by atoms with Gasteiger partial charge in [-0.25, -0.2) is 9.55 Å². The van der Waals surface area contributed by atoms with Gasteiger partial charge in [0.05, 0.1) is 0 Å². The molecule has 0 bridgehead atoms. The largest absolute Gasteiger partial charge is 0.471 e. The number of rotatable bonds is 5. The first-order valence-electron chi connectivity index (χ1n) is 6.51. The van der Waals surface area contributed by atoms with Gasteiger partial charge in [-0.05, 0) is 12.1 Å². The molecule has 0 amide bonds. The predicted octanol–water partition coefficient (Wildman–Crippen LogP) is 2.48. The zero-order valence-electron chi connectivity index (χ0n) is 11.5. The van der Waals surface area contributed by atoms with Gasteiger partial charge in [0.1, 0.15) is 23.9 Å². The summed E-state index contributed by atoms with van der Waals surface area (Å²) < 4.78 is 17.0. The SMILES string of the molecule is O=P(O)(O)OCNc1c(-c2ccccc2)nc2ccccn12. The molecule has 3 rings (SSSR count). The van der Waals surface area contributed by atoms with Crippen LogP contribution in [0.2, 0.25) is 0 Å². The van der Waals surface area contributed by atoms with E-state index in [1.54, 1.807) is 4.40 Å². The Balaban J connectivity index is 2.00. The molecule has 2 heterocycles. The highest BCUT2D eigenvalue weighted by molar-refractivity contribution is 7.46. The van der Waals surface area contributed by atoms with Gasteiger partial charge >= 0.3 is 7.82 Å². The summed E-state index contributed by atoms with van der Waals surface area (Å²) in [6.45, 7) is -0.327. The van der Waals surface area contributed by atoms with Crippen LogP contribution in [-0.2, 0) is 9.09 Å². The number of nitrogens with zero attached hydrogens (tertiary/aromatic N) is 2. The van der Waals surface area contributed by atoms with Gasteiger partial charge in [0.2, 0.25) is 0 Å². The number of phosphoric acid groups is 1. The van der Waals surface area contributed by atoms with E-state index in [1.165, 1.54) is 0 Å². The van der Waals surface area contributed by atoms with E-state index in [0.717, 1.165) is 11.2 Å². The first kappa shape index (κ1) is 14.7. The fourth-order valence-corrected chi connectivity index (χ4v) is 2.38. The fraction of sp³-hybridized carbons (Fsp3) is 0.0714. The molecular formula is C14H14N3O4P. The molecule has 0 spiro atoms. The van der Waals surface area contributed by atoms with Crippen LogP contribution >= 0.6 is 7.82 Å². The van der Waals surface area contributed by atoms with Crippen molar-refractivity contribution in [1.29, 1.82) is 0 Å². The molecule has 0 aliphatic heterocycles. The standard InChI is InChI=1S/C14H14N3O4P/c18-22(19,20)21-10-15-14-13(11-6-2-1-3-7-11)16-12-8-4-5-9-17(12)14/h1-9,15H,10H2,(H2,18,19,20). The number of pyridine rings is 1. The van der Waals surface area contributed by atoms with Gasteiger partial charge in [0.25, 0.3) is 0 Å². The van der Waals surface area contributed by atoms with Crippen LogP contribution in [0.1, 0.15) is 0 Å². The van der Waals surface area contributed by atoms with E-state index in [0.29, 0.717) is 11.5 Å². The van der Waals surface area contributed by atoms with Crippen molar-refractivity contribution < 1.29 is 18.9 Å². The van der Waals surface area contributed by atoms with Gasteiger partial charge in [0.15, 0.2) is 0 Å². The molecule has 1 aromatic carbocycles. The molecule has 0 fully saturated rings. The summed E-state index contributed by atoms with van der Waals surface area (Å²) in [5, 5.41) is 2.88. The molecule has 0 atom stereocenters. The molecule has 0 unspecified atom stereocenters. The number of phosphoric ester groups is 1. The molecular weight excluding hydrogens is 305 g/mol. The number of fused-ring (bicyclic) bond motifs is 1. The molecule has 0 radical (unpaired) electrons. The summed E-state index contributed by atoms with van der Waals surface area (Å²) in [6.07, 6.45) is 1.81. The maximum Gasteiger partial charge on any atom is 0.471 e. The molecule has 0 aliphatic carbocycles. The lowest BCUT2D eigenvalue weighted by atomic mass is 10.1. The number of anilines is 1. The molecule has 2 aromatic heterocycles. The van der Waals surface area contributed by atoms with Crippen LogP contribution in [0.25, 0.3) is 16.9 Å². The van der Waals surface area contributed by atoms with E-state index in [1.807, 2.05) is 54.7 Å². The van der Waals surface area contributed by atoms with Gasteiger partial charge in [-0.15, -0.1) is 0 Å². The lowest BCUT2D eigenvalue weighted by Crippen LogP contribution is -2.07. The minimum atomic E-state index is -4.52. The van der Waals surface area contributed by atoms with Crippen molar-refractivity contribution in [2.24, 2.45) is 0 Å². The first-order valence-corrected chi connectivity index (χ1v) is 8.04. The molecule has 8 heteroatoms. The van der Waals surface area contributed by atoms with E-state index in [9.17, 15) is 4.57 Å². The Morgan fingerprint density at radius 1 is 1.14 bits per heavy atom. The second kappa shape index (κ2) is 5.90. The average molecular weight is 319 g/mol. The smallest absolute Gasteiger partial charge is 0.346 e. The van der Waals surface area contributed by atoms with E-state index in [4.69, 9.17) is 9.79 Å². The number of hydrogen-bond donors (Lipinski definition) is 3. The highest BCUT2D eigenvalue weighted by Gasteiger charge is 2.16. The molecule has 0 saturated heterocycles. The first-order chi connectivity index (χ1) is 10.5. The number of benzene rings is 1. The van der Waals surface area contributed by atoms with Gasteiger partial charge < -0.3 is 15.1 Å². The Morgan fingerprint density at radius 2 is 1.86 bits per heavy atom. The van der Waals surface area contributed by atoms with Crippen LogP contribution in [-0.4, -0.2) is 25.9 Å². The van der Waals surface area contributed by atoms with Gasteiger partial charge in [-0.1, -0.05) is 36.4 Å². The van der Waals surface area contributed by atoms with Crippen molar-refractivity contribution in [1.82, 2.24) is 9.38 Å². The normalized spacial score (nSPS) is 11.7. The Labute approximate surface area is 126 Å². The second-order valence-corrected chi connectivity index (χ2v) is 5.78. The number of nitrogens with one attached hydrogen (secondary N) is 1. The Hall–Kier alpha value is -2.18. The van der Waals surface area contributed by atoms with Crippen LogP contribution < -0.4 is 5.32 Å². The van der Waals surface area contributed by atoms with Crippen molar-refractivity contribution in [3.63, 3.8) is 0 Å². The zero-order valence-corrected chi connectivity index (χ0v) is 12.4. The maximum absolute atomic E-state index is 10.8. The van der Waals surface area contributed by atoms with Crippen LogP contribution in [0.5, 0.6) is 0 Å². The highest BCUT2D eigenvalue weighted by Crippen LogP contribution is 2.36. The van der Waals surface area contributed by atoms with Crippen LogP contribution in [0.15, 0.2) is 54.7 Å². The van der Waals surface area contributed by atoms with Crippen LogP contribution in [0.3, 0.4) is 0 Å². The van der Waals surface area contributed by atoms with E-state index >= 15 is 0 Å². The summed E-state index contributed by atoms with van der Waals surface area (Å²) >= 11 is 0. The van der Waals surface area contributed by atoms with Gasteiger partial charge in [-0.3, -0.25) is 8.92 Å². The third-order valence-corrected chi connectivity index (χ3v) is 3.51. The van der Waals surface area contributed by atoms with Crippen molar-refractivity contribution in [2.45, 2.75) is 0 Å². The molecule has 3 N–H and O–H groups in total. The Kier molecular flexibility index (Phi) is 3.96. The van der Waals surface area contributed by atoms with Crippen molar-refractivity contribution in [2.75, 3.05) is 12.0 Å². The Bertz CT molecular complexity index is 828. The van der Waals surface area contributed by atoms with Crippen molar-refractivity contribution in [3.05, 3.63) is 54.7 Å². The minimum absolute atomic E-state index is 0.327. The summed E-state index contributed by atoms with van der Waals surface area (Å²) in [7, 11) is -4.52. The summed E-state index contributed by atoms with van der Waals surface area (Å²) in [6, 6.07) is 15.1. The average Bonchev–Trinajstić information content (AvgIpc) is 2.86. The topological polar surface area (TPSA) is 96.1 Å². The lowest BCUT2D eigenvalue weighted by Gasteiger charge is -2.10. The minimum Gasteiger partial charge on any atom is -0.346 e. The monoisotopic (exact) mass is 319 g/mol. The zero-order chi connectivity index (χ0) is 15.6. The van der Waals surface area contributed by atoms with Crippen LogP contribution in [0, 0.1) is 0 Å². The second-order valence-electron chi connectivity index (χ2n) is 4.54. The van der Waals surface area contributed by atoms with Crippen molar-refractivity contribution in [3.8, 4) is 11.3 Å². The maximum atomic E-state index is 10.8. The quantitative estimate of drug-likeness (QED) is 0.494. The lowest BCUT2D eigenvalue weighted by molar-refractivity contribution is 0.209. The summed E-state index contributed by atoms with van der Waals surface area (Å²) in [5.41, 5.74) is 2.30. The highest BCUT2D eigenvalue weighted by atomic mass is 31.2. The third kappa shape index (κ3) is 3.18. The molecule has 3 aromatic rings. The summed E-state index contributed by atoms with van der Waals surface area (Å²) in [5.74, 6) is 0.607. The van der Waals surface area contributed by atoms with E-state index < -0.39 is 7.82 Å². The number of hydrogen-bond acceptors (Lipinski definition) is 4. The molecule has 7 nitrogen and oxygen atoms in total. The molecule has 0 saturated carbocycles. The molecule has 22 heavy (non-hydrogen) atoms. The Morgan fingerprint density at radius 3 is 2.59 bits per heavy atom.